The van der Waals surface area contributed by atoms with Gasteiger partial charge in [0.2, 0.25) is 0 Å². The molecule has 0 aliphatic rings. The maximum Gasteiger partial charge on any atom is 0.0724 e. The first-order valence-corrected chi connectivity index (χ1v) is 6.64. The molecule has 2 rings (SSSR count). The van der Waals surface area contributed by atoms with Crippen LogP contribution in [0.2, 0.25) is 5.02 Å². The van der Waals surface area contributed by atoms with Crippen molar-refractivity contribution >= 4 is 34.2 Å². The first kappa shape index (κ1) is 12.8. The van der Waals surface area contributed by atoms with Gasteiger partial charge in [-0.2, -0.15) is 0 Å². The van der Waals surface area contributed by atoms with E-state index in [2.05, 4.69) is 34.1 Å². The first-order valence-electron chi connectivity index (χ1n) is 5.18. The lowest BCUT2D eigenvalue weighted by Gasteiger charge is -2.18. The number of rotatable bonds is 3. The highest BCUT2D eigenvalue weighted by atomic mass is 127. The third kappa shape index (κ3) is 2.98. The van der Waals surface area contributed by atoms with Crippen LogP contribution in [0.1, 0.15) is 17.2 Å². The summed E-state index contributed by atoms with van der Waals surface area (Å²) in [5, 5.41) is 0.717. The number of halogens is 2. The minimum absolute atomic E-state index is 0.0848. The molecule has 4 heteroatoms. The van der Waals surface area contributed by atoms with Crippen LogP contribution in [0.5, 0.6) is 0 Å². The molecule has 0 aromatic heterocycles. The van der Waals surface area contributed by atoms with E-state index in [4.69, 9.17) is 17.4 Å². The molecule has 0 saturated carbocycles. The summed E-state index contributed by atoms with van der Waals surface area (Å²) in [7, 11) is 0. The average molecular weight is 359 g/mol. The summed E-state index contributed by atoms with van der Waals surface area (Å²) < 4.78 is 1.17. The molecule has 1 atom stereocenters. The molecule has 0 fully saturated rings. The van der Waals surface area contributed by atoms with Crippen LogP contribution in [0, 0.1) is 3.57 Å². The normalized spacial score (nSPS) is 12.4. The van der Waals surface area contributed by atoms with Gasteiger partial charge in [0.1, 0.15) is 0 Å². The fourth-order valence-electron chi connectivity index (χ4n) is 1.76. The second kappa shape index (κ2) is 5.82. The SMILES string of the molecule is NNC(c1cccc(I)c1)c1ccccc1Cl. The number of nitrogens with one attached hydrogen (secondary N) is 1. The van der Waals surface area contributed by atoms with E-state index in [9.17, 15) is 0 Å². The summed E-state index contributed by atoms with van der Waals surface area (Å²) in [5.41, 5.74) is 4.90. The van der Waals surface area contributed by atoms with E-state index in [1.54, 1.807) is 0 Å². The van der Waals surface area contributed by atoms with Crippen molar-refractivity contribution in [2.75, 3.05) is 0 Å². The van der Waals surface area contributed by atoms with Gasteiger partial charge in [-0.3, -0.25) is 5.84 Å². The van der Waals surface area contributed by atoms with E-state index in [1.165, 1.54) is 3.57 Å². The molecule has 0 amide bonds. The highest BCUT2D eigenvalue weighted by molar-refractivity contribution is 14.1. The smallest absolute Gasteiger partial charge is 0.0724 e. The first-order chi connectivity index (χ1) is 8.22. The molecule has 0 saturated heterocycles. The van der Waals surface area contributed by atoms with Gasteiger partial charge in [-0.1, -0.05) is 41.9 Å². The Bertz CT molecular complexity index is 516. The predicted octanol–water partition coefficient (Wildman–Crippen LogP) is 3.50. The Kier molecular flexibility index (Phi) is 4.39. The minimum atomic E-state index is -0.0848. The summed E-state index contributed by atoms with van der Waals surface area (Å²) in [5.74, 6) is 5.64. The topological polar surface area (TPSA) is 38.0 Å². The summed E-state index contributed by atoms with van der Waals surface area (Å²) in [6.07, 6.45) is 0. The zero-order chi connectivity index (χ0) is 12.3. The van der Waals surface area contributed by atoms with Crippen molar-refractivity contribution in [2.45, 2.75) is 6.04 Å². The number of hydrogen-bond acceptors (Lipinski definition) is 2. The molecule has 1 unspecified atom stereocenters. The Morgan fingerprint density at radius 2 is 1.88 bits per heavy atom. The molecule has 0 aliphatic carbocycles. The number of hydrazine groups is 1. The second-order valence-corrected chi connectivity index (χ2v) is 5.33. The van der Waals surface area contributed by atoms with Crippen LogP contribution >= 0.6 is 34.2 Å². The molecule has 0 aliphatic heterocycles. The Labute approximate surface area is 119 Å². The zero-order valence-corrected chi connectivity index (χ0v) is 11.9. The molecule has 2 aromatic carbocycles. The van der Waals surface area contributed by atoms with E-state index >= 15 is 0 Å². The van der Waals surface area contributed by atoms with Crippen molar-refractivity contribution in [2.24, 2.45) is 5.84 Å². The Morgan fingerprint density at radius 1 is 1.12 bits per heavy atom. The van der Waals surface area contributed by atoms with Crippen molar-refractivity contribution in [3.05, 3.63) is 68.3 Å². The fourth-order valence-corrected chi connectivity index (χ4v) is 2.57. The van der Waals surface area contributed by atoms with Crippen LogP contribution in [0.15, 0.2) is 48.5 Å². The van der Waals surface area contributed by atoms with Crippen molar-refractivity contribution in [3.8, 4) is 0 Å². The van der Waals surface area contributed by atoms with Crippen LogP contribution in [-0.4, -0.2) is 0 Å². The number of nitrogens with two attached hydrogens (primary N) is 1. The van der Waals surface area contributed by atoms with Gasteiger partial charge < -0.3 is 0 Å². The Hall–Kier alpha value is -0.620. The Morgan fingerprint density at radius 3 is 2.53 bits per heavy atom. The van der Waals surface area contributed by atoms with Gasteiger partial charge in [0, 0.05) is 8.59 Å². The zero-order valence-electron chi connectivity index (χ0n) is 9.03. The summed E-state index contributed by atoms with van der Waals surface area (Å²) >= 11 is 8.47. The standard InChI is InChI=1S/C13H12ClIN2/c14-12-7-2-1-6-11(12)13(17-16)9-4-3-5-10(15)8-9/h1-8,13,17H,16H2. The largest absolute Gasteiger partial charge is 0.271 e. The molecular formula is C13H12ClIN2. The summed E-state index contributed by atoms with van der Waals surface area (Å²) in [4.78, 5) is 0. The van der Waals surface area contributed by atoms with E-state index in [0.717, 1.165) is 11.1 Å². The molecule has 2 aromatic rings. The lowest BCUT2D eigenvalue weighted by Crippen LogP contribution is -2.29. The van der Waals surface area contributed by atoms with Crippen LogP contribution < -0.4 is 11.3 Å². The molecule has 88 valence electrons. The van der Waals surface area contributed by atoms with Gasteiger partial charge >= 0.3 is 0 Å². The van der Waals surface area contributed by atoms with Crippen molar-refractivity contribution in [1.82, 2.24) is 5.43 Å². The van der Waals surface area contributed by atoms with Gasteiger partial charge in [-0.15, -0.1) is 0 Å². The van der Waals surface area contributed by atoms with Crippen molar-refractivity contribution in [1.29, 1.82) is 0 Å². The van der Waals surface area contributed by atoms with E-state index in [-0.39, 0.29) is 6.04 Å². The quantitative estimate of drug-likeness (QED) is 0.501. The second-order valence-electron chi connectivity index (χ2n) is 3.68. The van der Waals surface area contributed by atoms with Gasteiger partial charge in [0.15, 0.2) is 0 Å². The third-order valence-electron chi connectivity index (χ3n) is 2.56. The average Bonchev–Trinajstić information content (AvgIpc) is 2.33. The highest BCUT2D eigenvalue weighted by Gasteiger charge is 2.14. The van der Waals surface area contributed by atoms with Gasteiger partial charge in [0.05, 0.1) is 6.04 Å². The van der Waals surface area contributed by atoms with Crippen LogP contribution in [-0.2, 0) is 0 Å². The predicted molar refractivity (Wildman–Crippen MR) is 79.8 cm³/mol. The molecule has 0 spiro atoms. The van der Waals surface area contributed by atoms with E-state index in [0.29, 0.717) is 5.02 Å². The van der Waals surface area contributed by atoms with Crippen molar-refractivity contribution in [3.63, 3.8) is 0 Å². The third-order valence-corrected chi connectivity index (χ3v) is 3.58. The van der Waals surface area contributed by atoms with Gasteiger partial charge in [0.25, 0.3) is 0 Å². The van der Waals surface area contributed by atoms with Crippen LogP contribution in [0.4, 0.5) is 0 Å². The summed E-state index contributed by atoms with van der Waals surface area (Å²) in [6.45, 7) is 0. The maximum absolute atomic E-state index is 6.19. The Balaban J connectivity index is 2.44. The van der Waals surface area contributed by atoms with Crippen LogP contribution in [0.3, 0.4) is 0 Å². The minimum Gasteiger partial charge on any atom is -0.271 e. The lowest BCUT2D eigenvalue weighted by atomic mass is 9.99. The molecule has 0 bridgehead atoms. The van der Waals surface area contributed by atoms with Gasteiger partial charge in [-0.05, 0) is 51.9 Å². The fraction of sp³-hybridized carbons (Fsp3) is 0.0769. The number of hydrogen-bond donors (Lipinski definition) is 2. The van der Waals surface area contributed by atoms with E-state index in [1.807, 2.05) is 42.5 Å². The van der Waals surface area contributed by atoms with Crippen LogP contribution in [0.25, 0.3) is 0 Å². The monoisotopic (exact) mass is 358 g/mol. The molecule has 0 radical (unpaired) electrons. The summed E-state index contributed by atoms with van der Waals surface area (Å²) in [6, 6.07) is 15.8. The highest BCUT2D eigenvalue weighted by Crippen LogP contribution is 2.28. The molecule has 17 heavy (non-hydrogen) atoms. The molecule has 2 nitrogen and oxygen atoms in total. The molecular weight excluding hydrogens is 347 g/mol. The molecule has 3 N–H and O–H groups in total. The lowest BCUT2D eigenvalue weighted by molar-refractivity contribution is 0.637. The van der Waals surface area contributed by atoms with E-state index < -0.39 is 0 Å². The maximum atomic E-state index is 6.19. The number of benzene rings is 2. The molecule has 0 heterocycles. The van der Waals surface area contributed by atoms with Crippen molar-refractivity contribution < 1.29 is 0 Å². The van der Waals surface area contributed by atoms with Gasteiger partial charge in [-0.25, -0.2) is 5.43 Å².